The average Bonchev–Trinajstić information content (AvgIpc) is 3.72. The molecule has 0 radical (unpaired) electrons. The molecule has 0 spiro atoms. The lowest BCUT2D eigenvalue weighted by atomic mass is 10.0. The van der Waals surface area contributed by atoms with Crippen LogP contribution in [-0.4, -0.2) is 19.1 Å². The number of hydrogen-bond donors (Lipinski definition) is 0. The van der Waals surface area contributed by atoms with Crippen LogP contribution in [0, 0.1) is 0 Å². The van der Waals surface area contributed by atoms with Crippen LogP contribution in [-0.2, 0) is 0 Å². The Morgan fingerprint density at radius 1 is 0.327 bits per heavy atom. The number of rotatable bonds is 4. The number of benzene rings is 8. The van der Waals surface area contributed by atoms with Crippen molar-refractivity contribution in [1.82, 2.24) is 19.1 Å². The van der Waals surface area contributed by atoms with Crippen molar-refractivity contribution in [2.45, 2.75) is 0 Å². The summed E-state index contributed by atoms with van der Waals surface area (Å²) >= 11 is 0. The van der Waals surface area contributed by atoms with Gasteiger partial charge in [-0.3, -0.25) is 0 Å². The maximum Gasteiger partial charge on any atom is 0.0973 e. The quantitative estimate of drug-likeness (QED) is 0.176. The average molecular weight is 663 g/mol. The molecule has 3 aromatic heterocycles. The molecule has 11 rings (SSSR count). The molecule has 0 unspecified atom stereocenters. The first-order valence-corrected chi connectivity index (χ1v) is 17.7. The third kappa shape index (κ3) is 4.28. The van der Waals surface area contributed by atoms with Crippen molar-refractivity contribution in [2.24, 2.45) is 0 Å². The van der Waals surface area contributed by atoms with E-state index in [4.69, 9.17) is 9.97 Å². The van der Waals surface area contributed by atoms with E-state index in [1.165, 1.54) is 43.6 Å². The zero-order chi connectivity index (χ0) is 34.2. The fourth-order valence-electron chi connectivity index (χ4n) is 8.13. The molecular formula is C48H30N4. The Labute approximate surface area is 299 Å². The summed E-state index contributed by atoms with van der Waals surface area (Å²) in [7, 11) is 0. The number of fused-ring (bicyclic) bond motifs is 9. The van der Waals surface area contributed by atoms with E-state index in [0.717, 1.165) is 55.7 Å². The van der Waals surface area contributed by atoms with Crippen molar-refractivity contribution in [2.75, 3.05) is 0 Å². The molecule has 0 amide bonds. The molecule has 0 atom stereocenters. The van der Waals surface area contributed by atoms with Crippen LogP contribution in [0.15, 0.2) is 182 Å². The predicted molar refractivity (Wildman–Crippen MR) is 217 cm³/mol. The molecule has 242 valence electrons. The highest BCUT2D eigenvalue weighted by atomic mass is 15.0. The van der Waals surface area contributed by atoms with Gasteiger partial charge in [0, 0.05) is 49.4 Å². The van der Waals surface area contributed by atoms with Crippen molar-refractivity contribution in [3.63, 3.8) is 0 Å². The Kier molecular flexibility index (Phi) is 6.22. The second-order valence-corrected chi connectivity index (χ2v) is 13.4. The second kappa shape index (κ2) is 11.2. The zero-order valence-corrected chi connectivity index (χ0v) is 28.1. The van der Waals surface area contributed by atoms with Crippen molar-refractivity contribution >= 4 is 65.4 Å². The van der Waals surface area contributed by atoms with Gasteiger partial charge in [0.15, 0.2) is 0 Å². The molecule has 4 heteroatoms. The van der Waals surface area contributed by atoms with Gasteiger partial charge < -0.3 is 9.13 Å². The summed E-state index contributed by atoms with van der Waals surface area (Å²) < 4.78 is 4.81. The van der Waals surface area contributed by atoms with Gasteiger partial charge in [0.05, 0.1) is 44.5 Å². The Balaban J connectivity index is 1.16. The van der Waals surface area contributed by atoms with E-state index < -0.39 is 0 Å². The van der Waals surface area contributed by atoms with Crippen LogP contribution in [0.25, 0.3) is 99.3 Å². The smallest absolute Gasteiger partial charge is 0.0973 e. The van der Waals surface area contributed by atoms with Crippen LogP contribution in [0.4, 0.5) is 0 Å². The lowest BCUT2D eigenvalue weighted by Crippen LogP contribution is -1.97. The third-order valence-electron chi connectivity index (χ3n) is 10.5. The van der Waals surface area contributed by atoms with E-state index in [9.17, 15) is 0 Å². The summed E-state index contributed by atoms with van der Waals surface area (Å²) in [5, 5.41) is 7.15. The molecule has 0 aliphatic rings. The van der Waals surface area contributed by atoms with Gasteiger partial charge >= 0.3 is 0 Å². The highest BCUT2D eigenvalue weighted by Crippen LogP contribution is 2.40. The summed E-state index contributed by atoms with van der Waals surface area (Å²) in [6.07, 6.45) is 0. The molecule has 0 saturated heterocycles. The van der Waals surface area contributed by atoms with Gasteiger partial charge in [0.2, 0.25) is 0 Å². The summed E-state index contributed by atoms with van der Waals surface area (Å²) in [6.45, 7) is 0. The summed E-state index contributed by atoms with van der Waals surface area (Å²) in [5.41, 5.74) is 12.7. The molecule has 0 N–H and O–H groups in total. The molecule has 8 aromatic carbocycles. The minimum atomic E-state index is 0.882. The molecular weight excluding hydrogens is 633 g/mol. The molecule has 3 heterocycles. The minimum absolute atomic E-state index is 0.882. The van der Waals surface area contributed by atoms with Gasteiger partial charge in [0.25, 0.3) is 0 Å². The Morgan fingerprint density at radius 3 is 1.46 bits per heavy atom. The normalized spacial score (nSPS) is 11.8. The van der Waals surface area contributed by atoms with E-state index in [0.29, 0.717) is 0 Å². The largest absolute Gasteiger partial charge is 0.309 e. The lowest BCUT2D eigenvalue weighted by Gasteiger charge is -2.13. The minimum Gasteiger partial charge on any atom is -0.309 e. The first-order valence-electron chi connectivity index (χ1n) is 17.7. The van der Waals surface area contributed by atoms with Gasteiger partial charge in [-0.2, -0.15) is 0 Å². The monoisotopic (exact) mass is 662 g/mol. The number of hydrogen-bond acceptors (Lipinski definition) is 2. The SMILES string of the molecule is c1ccc(-c2nc3ccc4cc(-n5c6ccccc6c6cc7c(cc65)c5ccccc5n7-c5ccccc5)ccc4c3nc2-c2ccccc2)cc1. The second-order valence-electron chi connectivity index (χ2n) is 13.4. The van der Waals surface area contributed by atoms with Crippen LogP contribution in [0.2, 0.25) is 0 Å². The fraction of sp³-hybridized carbons (Fsp3) is 0. The highest BCUT2D eigenvalue weighted by molar-refractivity contribution is 6.19. The third-order valence-corrected chi connectivity index (χ3v) is 10.5. The van der Waals surface area contributed by atoms with Gasteiger partial charge in [-0.15, -0.1) is 0 Å². The van der Waals surface area contributed by atoms with Crippen LogP contribution in [0.1, 0.15) is 0 Å². The molecule has 0 aliphatic carbocycles. The van der Waals surface area contributed by atoms with Crippen LogP contribution in [0.5, 0.6) is 0 Å². The molecule has 4 nitrogen and oxygen atoms in total. The number of nitrogens with zero attached hydrogens (tertiary/aromatic N) is 4. The zero-order valence-electron chi connectivity index (χ0n) is 28.1. The topological polar surface area (TPSA) is 35.6 Å². The van der Waals surface area contributed by atoms with E-state index >= 15 is 0 Å². The van der Waals surface area contributed by atoms with Gasteiger partial charge in [-0.1, -0.05) is 127 Å². The van der Waals surface area contributed by atoms with E-state index in [1.54, 1.807) is 0 Å². The fourth-order valence-corrected chi connectivity index (χ4v) is 8.13. The number of para-hydroxylation sites is 3. The molecule has 0 aliphatic heterocycles. The molecule has 0 saturated carbocycles. The Morgan fingerprint density at radius 2 is 0.846 bits per heavy atom. The number of aromatic nitrogens is 4. The van der Waals surface area contributed by atoms with Crippen LogP contribution >= 0.6 is 0 Å². The Bertz CT molecular complexity index is 3160. The van der Waals surface area contributed by atoms with Crippen molar-refractivity contribution < 1.29 is 0 Å². The summed E-state index contributed by atoms with van der Waals surface area (Å²) in [6, 6.07) is 64.7. The van der Waals surface area contributed by atoms with E-state index in [1.807, 2.05) is 12.1 Å². The van der Waals surface area contributed by atoms with E-state index in [2.05, 4.69) is 179 Å². The maximum atomic E-state index is 5.36. The molecule has 52 heavy (non-hydrogen) atoms. The van der Waals surface area contributed by atoms with Crippen molar-refractivity contribution in [3.05, 3.63) is 182 Å². The van der Waals surface area contributed by atoms with Gasteiger partial charge in [-0.05, 0) is 60.0 Å². The van der Waals surface area contributed by atoms with Crippen LogP contribution < -0.4 is 0 Å². The lowest BCUT2D eigenvalue weighted by molar-refractivity contribution is 1.18. The van der Waals surface area contributed by atoms with Crippen molar-refractivity contribution in [1.29, 1.82) is 0 Å². The Hall–Kier alpha value is -7.04. The van der Waals surface area contributed by atoms with Crippen LogP contribution in [0.3, 0.4) is 0 Å². The van der Waals surface area contributed by atoms with Gasteiger partial charge in [-0.25, -0.2) is 9.97 Å². The standard InChI is InChI=1S/C48H30N4/c1-4-14-31(15-5-1)46-47(32-16-6-2-7-17-32)50-48-36-26-25-35(28-33(36)24-27-41(48)49-46)52-43-23-13-11-21-38(43)40-29-44-39(30-45(40)52)37-20-10-12-22-42(37)51(44)34-18-8-3-9-19-34/h1-30H. The summed E-state index contributed by atoms with van der Waals surface area (Å²) in [4.78, 5) is 10.6. The highest BCUT2D eigenvalue weighted by Gasteiger charge is 2.19. The first kappa shape index (κ1) is 28.8. The summed E-state index contributed by atoms with van der Waals surface area (Å²) in [5.74, 6) is 0. The van der Waals surface area contributed by atoms with Gasteiger partial charge in [0.1, 0.15) is 0 Å². The van der Waals surface area contributed by atoms with Crippen molar-refractivity contribution in [3.8, 4) is 33.9 Å². The van der Waals surface area contributed by atoms with E-state index in [-0.39, 0.29) is 0 Å². The maximum absolute atomic E-state index is 5.36. The molecule has 0 fully saturated rings. The first-order chi connectivity index (χ1) is 25.8. The molecule has 11 aromatic rings. The molecule has 0 bridgehead atoms. The predicted octanol–water partition coefficient (Wildman–Crippen LogP) is 12.3.